The molecule has 0 aliphatic carbocycles. The molecule has 0 saturated heterocycles. The summed E-state index contributed by atoms with van der Waals surface area (Å²) in [6.45, 7) is 13.0. The quantitative estimate of drug-likeness (QED) is 0.0788. The summed E-state index contributed by atoms with van der Waals surface area (Å²) in [4.78, 5) is 2.72. The summed E-state index contributed by atoms with van der Waals surface area (Å²) in [6.07, 6.45) is 39.2. The van der Waals surface area contributed by atoms with Crippen molar-refractivity contribution < 1.29 is 0 Å². The average Bonchev–Trinajstić information content (AvgIpc) is 2.97. The van der Waals surface area contributed by atoms with Crippen LogP contribution in [0.25, 0.3) is 6.08 Å². The van der Waals surface area contributed by atoms with Crippen LogP contribution in [0.5, 0.6) is 0 Å². The molecule has 1 aromatic carbocycles. The lowest BCUT2D eigenvalue weighted by atomic mass is 10.0. The van der Waals surface area contributed by atoms with Crippen LogP contribution < -0.4 is 0 Å². The van der Waals surface area contributed by atoms with Crippen molar-refractivity contribution in [3.63, 3.8) is 0 Å². The third-order valence-corrected chi connectivity index (χ3v) is 8.99. The van der Waals surface area contributed by atoms with Gasteiger partial charge < -0.3 is 0 Å². The Kier molecular flexibility index (Phi) is 27.8. The van der Waals surface area contributed by atoms with Gasteiger partial charge in [0.05, 0.1) is 0 Å². The highest BCUT2D eigenvalue weighted by Gasteiger charge is 2.04. The SMILES string of the molecule is CC(C)CCCCCCCCCCCCCN(CC=Cc1ccccc1)CCCCCCCCCCCCCC(C)C. The zero-order chi connectivity index (χ0) is 30.4. The van der Waals surface area contributed by atoms with Crippen LogP contribution in [0.3, 0.4) is 0 Å². The Labute approximate surface area is 265 Å². The fourth-order valence-electron chi connectivity index (χ4n) is 6.15. The molecular weight excluding hydrogens is 506 g/mol. The van der Waals surface area contributed by atoms with Crippen LogP contribution in [-0.2, 0) is 0 Å². The van der Waals surface area contributed by atoms with Gasteiger partial charge in [-0.05, 0) is 43.3 Å². The van der Waals surface area contributed by atoms with E-state index in [0.29, 0.717) is 0 Å². The largest absolute Gasteiger partial charge is 0.300 e. The van der Waals surface area contributed by atoms with E-state index in [9.17, 15) is 0 Å². The van der Waals surface area contributed by atoms with Gasteiger partial charge in [-0.15, -0.1) is 0 Å². The molecule has 42 heavy (non-hydrogen) atoms. The molecule has 1 rings (SSSR count). The average molecular weight is 582 g/mol. The maximum atomic E-state index is 2.72. The Morgan fingerprint density at radius 2 is 0.786 bits per heavy atom. The van der Waals surface area contributed by atoms with Gasteiger partial charge in [-0.3, -0.25) is 4.90 Å². The van der Waals surface area contributed by atoms with Crippen LogP contribution in [0.1, 0.15) is 187 Å². The molecule has 0 radical (unpaired) electrons. The van der Waals surface area contributed by atoms with Crippen LogP contribution in [0.2, 0.25) is 0 Å². The minimum atomic E-state index is 0.881. The van der Waals surface area contributed by atoms with Crippen molar-refractivity contribution in [1.82, 2.24) is 4.90 Å². The van der Waals surface area contributed by atoms with Gasteiger partial charge >= 0.3 is 0 Å². The Hall–Kier alpha value is -1.08. The van der Waals surface area contributed by atoms with E-state index in [1.54, 1.807) is 0 Å². The summed E-state index contributed by atoms with van der Waals surface area (Å²) in [5.41, 5.74) is 1.32. The van der Waals surface area contributed by atoms with E-state index in [1.807, 2.05) is 0 Å². The lowest BCUT2D eigenvalue weighted by Crippen LogP contribution is -2.26. The van der Waals surface area contributed by atoms with E-state index in [2.05, 4.69) is 75.1 Å². The highest BCUT2D eigenvalue weighted by atomic mass is 15.1. The number of hydrogen-bond donors (Lipinski definition) is 0. The highest BCUT2D eigenvalue weighted by molar-refractivity contribution is 5.48. The monoisotopic (exact) mass is 582 g/mol. The number of benzene rings is 1. The van der Waals surface area contributed by atoms with Crippen molar-refractivity contribution in [3.05, 3.63) is 42.0 Å². The first-order valence-corrected chi connectivity index (χ1v) is 19.0. The number of rotatable bonds is 31. The highest BCUT2D eigenvalue weighted by Crippen LogP contribution is 2.16. The molecule has 1 heteroatoms. The van der Waals surface area contributed by atoms with Gasteiger partial charge in [0, 0.05) is 6.54 Å². The van der Waals surface area contributed by atoms with Crippen molar-refractivity contribution in [3.8, 4) is 0 Å². The minimum Gasteiger partial charge on any atom is -0.300 e. The van der Waals surface area contributed by atoms with Crippen molar-refractivity contribution in [2.24, 2.45) is 11.8 Å². The van der Waals surface area contributed by atoms with Gasteiger partial charge in [0.25, 0.3) is 0 Å². The number of unbranched alkanes of at least 4 members (excludes halogenated alkanes) is 20. The first-order valence-electron chi connectivity index (χ1n) is 19.0. The van der Waals surface area contributed by atoms with Gasteiger partial charge in [-0.2, -0.15) is 0 Å². The molecule has 0 atom stereocenters. The molecule has 0 amide bonds. The molecule has 0 aliphatic rings. The van der Waals surface area contributed by atoms with Crippen LogP contribution in [0, 0.1) is 11.8 Å². The summed E-state index contributed by atoms with van der Waals surface area (Å²) in [6, 6.07) is 10.8. The van der Waals surface area contributed by atoms with Crippen molar-refractivity contribution in [1.29, 1.82) is 0 Å². The van der Waals surface area contributed by atoms with Crippen molar-refractivity contribution in [2.45, 2.75) is 182 Å². The molecule has 0 unspecified atom stereocenters. The molecule has 244 valence electrons. The fraction of sp³-hybridized carbons (Fsp3) is 0.805. The standard InChI is InChI=1S/C41H75N/c1-39(2)31-24-19-15-11-7-5-9-13-17-21-28-36-42(38-30-35-41-33-26-23-27-34-41)37-29-22-18-14-10-6-8-12-16-20-25-32-40(3)4/h23,26-27,30,33-35,39-40H,5-22,24-25,28-29,31-32,36-38H2,1-4H3. The lowest BCUT2D eigenvalue weighted by molar-refractivity contribution is 0.286. The van der Waals surface area contributed by atoms with Crippen LogP contribution in [0.4, 0.5) is 0 Å². The third kappa shape index (κ3) is 27.7. The maximum Gasteiger partial charge on any atom is 0.0166 e. The Morgan fingerprint density at radius 1 is 0.452 bits per heavy atom. The second kappa shape index (κ2) is 30.0. The van der Waals surface area contributed by atoms with Gasteiger partial charge in [-0.25, -0.2) is 0 Å². The van der Waals surface area contributed by atoms with E-state index in [-0.39, 0.29) is 0 Å². The molecule has 0 aliphatic heterocycles. The topological polar surface area (TPSA) is 3.24 Å². The Bertz CT molecular complexity index is 641. The smallest absolute Gasteiger partial charge is 0.0166 e. The van der Waals surface area contributed by atoms with E-state index >= 15 is 0 Å². The minimum absolute atomic E-state index is 0.881. The summed E-state index contributed by atoms with van der Waals surface area (Å²) in [5, 5.41) is 0. The van der Waals surface area contributed by atoms with Gasteiger partial charge in [0.2, 0.25) is 0 Å². The van der Waals surface area contributed by atoms with E-state index in [1.165, 1.54) is 173 Å². The Morgan fingerprint density at radius 3 is 1.14 bits per heavy atom. The van der Waals surface area contributed by atoms with E-state index < -0.39 is 0 Å². The van der Waals surface area contributed by atoms with Crippen LogP contribution in [-0.4, -0.2) is 24.5 Å². The predicted octanol–water partition coefficient (Wildman–Crippen LogP) is 13.7. The predicted molar refractivity (Wildman–Crippen MR) is 192 cm³/mol. The van der Waals surface area contributed by atoms with Gasteiger partial charge in [0.1, 0.15) is 0 Å². The number of hydrogen-bond acceptors (Lipinski definition) is 1. The molecule has 0 fully saturated rings. The second-order valence-corrected chi connectivity index (χ2v) is 14.3. The zero-order valence-corrected chi connectivity index (χ0v) is 29.2. The summed E-state index contributed by atoms with van der Waals surface area (Å²) in [5.74, 6) is 1.76. The molecule has 0 aromatic heterocycles. The normalized spacial score (nSPS) is 12.1. The number of nitrogens with zero attached hydrogens (tertiary/aromatic N) is 1. The summed E-state index contributed by atoms with van der Waals surface area (Å²) >= 11 is 0. The third-order valence-electron chi connectivity index (χ3n) is 8.99. The van der Waals surface area contributed by atoms with E-state index in [0.717, 1.165) is 18.4 Å². The molecule has 0 N–H and O–H groups in total. The summed E-state index contributed by atoms with van der Waals surface area (Å²) < 4.78 is 0. The summed E-state index contributed by atoms with van der Waals surface area (Å²) in [7, 11) is 0. The second-order valence-electron chi connectivity index (χ2n) is 14.3. The molecule has 1 aromatic rings. The molecule has 1 nitrogen and oxygen atoms in total. The van der Waals surface area contributed by atoms with Crippen molar-refractivity contribution >= 4 is 6.08 Å². The van der Waals surface area contributed by atoms with Crippen LogP contribution >= 0.6 is 0 Å². The fourth-order valence-corrected chi connectivity index (χ4v) is 6.15. The zero-order valence-electron chi connectivity index (χ0n) is 29.2. The van der Waals surface area contributed by atoms with Crippen molar-refractivity contribution in [2.75, 3.05) is 19.6 Å². The lowest BCUT2D eigenvalue weighted by Gasteiger charge is -2.20. The van der Waals surface area contributed by atoms with Crippen LogP contribution in [0.15, 0.2) is 36.4 Å². The molecule has 0 bridgehead atoms. The van der Waals surface area contributed by atoms with Gasteiger partial charge in [0.15, 0.2) is 0 Å². The Balaban J connectivity index is 2.09. The molecule has 0 saturated carbocycles. The maximum absolute atomic E-state index is 2.72. The first kappa shape index (κ1) is 38.9. The molecule has 0 heterocycles. The van der Waals surface area contributed by atoms with E-state index in [4.69, 9.17) is 0 Å². The van der Waals surface area contributed by atoms with Gasteiger partial charge in [-0.1, -0.05) is 211 Å². The first-order chi connectivity index (χ1) is 20.6. The molecular formula is C41H75N. The molecule has 0 spiro atoms.